The van der Waals surface area contributed by atoms with Crippen molar-refractivity contribution in [2.45, 2.75) is 20.1 Å². The van der Waals surface area contributed by atoms with E-state index < -0.39 is 16.2 Å². The summed E-state index contributed by atoms with van der Waals surface area (Å²) in [4.78, 5) is 16.8. The molecule has 32 heavy (non-hydrogen) atoms. The van der Waals surface area contributed by atoms with Crippen LogP contribution in [0.15, 0.2) is 75.3 Å². The van der Waals surface area contributed by atoms with Crippen molar-refractivity contribution in [1.82, 2.24) is 14.4 Å². The van der Waals surface area contributed by atoms with Gasteiger partial charge in [0.1, 0.15) is 0 Å². The summed E-state index contributed by atoms with van der Waals surface area (Å²) in [5.74, 6) is -0.443. The Morgan fingerprint density at radius 2 is 1.84 bits per heavy atom. The number of esters is 1. The molecule has 1 aliphatic rings. The topological polar surface area (TPSA) is 115 Å². The van der Waals surface area contributed by atoms with Crippen LogP contribution in [0.2, 0.25) is 5.02 Å². The van der Waals surface area contributed by atoms with Crippen molar-refractivity contribution >= 4 is 33.5 Å². The van der Waals surface area contributed by atoms with Gasteiger partial charge < -0.3 is 9.26 Å². The van der Waals surface area contributed by atoms with E-state index >= 15 is 0 Å². The zero-order valence-electron chi connectivity index (χ0n) is 16.8. The lowest BCUT2D eigenvalue weighted by Crippen LogP contribution is -2.31. The first-order valence-electron chi connectivity index (χ1n) is 9.42. The van der Waals surface area contributed by atoms with Crippen LogP contribution >= 0.6 is 11.6 Å². The Labute approximate surface area is 189 Å². The van der Waals surface area contributed by atoms with E-state index in [1.807, 2.05) is 6.07 Å². The molecule has 3 aromatic rings. The molecule has 9 nitrogen and oxygen atoms in total. The molecule has 0 spiro atoms. The molecule has 0 saturated carbocycles. The molecular weight excluding hydrogens is 456 g/mol. The number of hydrogen-bond acceptors (Lipinski definition) is 7. The molecule has 0 bridgehead atoms. The van der Waals surface area contributed by atoms with Gasteiger partial charge in [-0.1, -0.05) is 59.2 Å². The lowest BCUT2D eigenvalue weighted by molar-refractivity contribution is -0.140. The highest BCUT2D eigenvalue weighted by molar-refractivity contribution is 7.88. The molecule has 4 rings (SSSR count). The maximum absolute atomic E-state index is 12.6. The third kappa shape index (κ3) is 4.71. The highest BCUT2D eigenvalue weighted by Crippen LogP contribution is 2.25. The predicted octanol–water partition coefficient (Wildman–Crippen LogP) is 3.54. The lowest BCUT2D eigenvalue weighted by Gasteiger charge is -2.23. The van der Waals surface area contributed by atoms with Crippen LogP contribution in [0, 0.1) is 0 Å². The summed E-state index contributed by atoms with van der Waals surface area (Å²) in [6.07, 6.45) is 1.22. The smallest absolute Gasteiger partial charge is 0.344 e. The fourth-order valence-corrected chi connectivity index (χ4v) is 4.26. The standard InChI is InChI=1S/C21H17ClN4O5S/c1-14-17(12-26(32(28,29)25-14)11-15-7-3-2-4-8-15)21(27)30-13-19-23-20(24-31-19)16-9-5-6-10-18(16)22/h2-10,12H,11,13H2,1H3. The van der Waals surface area contributed by atoms with Crippen LogP contribution in [-0.2, 0) is 32.9 Å². The van der Waals surface area contributed by atoms with Gasteiger partial charge in [0.15, 0.2) is 6.61 Å². The number of aromatic nitrogens is 2. The maximum atomic E-state index is 12.6. The number of carbonyl (C=O) groups excluding carboxylic acids is 1. The Kier molecular flexibility index (Phi) is 6.06. The number of rotatable bonds is 6. The van der Waals surface area contributed by atoms with Crippen LogP contribution in [0.25, 0.3) is 11.4 Å². The van der Waals surface area contributed by atoms with E-state index in [2.05, 4.69) is 14.5 Å². The van der Waals surface area contributed by atoms with E-state index in [-0.39, 0.29) is 36.2 Å². The zero-order valence-corrected chi connectivity index (χ0v) is 18.4. The van der Waals surface area contributed by atoms with Crippen LogP contribution in [0.3, 0.4) is 0 Å². The number of halogens is 1. The minimum absolute atomic E-state index is 0.0154. The first-order chi connectivity index (χ1) is 15.3. The van der Waals surface area contributed by atoms with Gasteiger partial charge in [-0.15, -0.1) is 4.40 Å². The Morgan fingerprint density at radius 1 is 1.12 bits per heavy atom. The molecule has 0 aliphatic carbocycles. The van der Waals surface area contributed by atoms with Crippen LogP contribution in [0.4, 0.5) is 0 Å². The van der Waals surface area contributed by atoms with Crippen molar-refractivity contribution in [1.29, 1.82) is 0 Å². The molecule has 0 radical (unpaired) electrons. The van der Waals surface area contributed by atoms with Gasteiger partial charge in [-0.25, -0.2) is 4.79 Å². The molecular formula is C21H17ClN4O5S. The van der Waals surface area contributed by atoms with Crippen LogP contribution < -0.4 is 0 Å². The average Bonchev–Trinajstić information content (AvgIpc) is 3.23. The minimum atomic E-state index is -3.95. The summed E-state index contributed by atoms with van der Waals surface area (Å²) in [5.41, 5.74) is 1.37. The first-order valence-corrected chi connectivity index (χ1v) is 11.2. The summed E-state index contributed by atoms with van der Waals surface area (Å²) in [6, 6.07) is 15.9. The highest BCUT2D eigenvalue weighted by Gasteiger charge is 2.29. The molecule has 0 unspecified atom stereocenters. The van der Waals surface area contributed by atoms with Crippen LogP contribution in [0.5, 0.6) is 0 Å². The molecule has 1 aromatic heterocycles. The van der Waals surface area contributed by atoms with Gasteiger partial charge in [0.25, 0.3) is 5.89 Å². The minimum Gasteiger partial charge on any atom is -0.452 e. The first kappa shape index (κ1) is 21.7. The van der Waals surface area contributed by atoms with E-state index in [4.69, 9.17) is 20.9 Å². The summed E-state index contributed by atoms with van der Waals surface area (Å²) < 4.78 is 39.9. The molecule has 2 aromatic carbocycles. The molecule has 0 amide bonds. The molecule has 0 fully saturated rings. The van der Waals surface area contributed by atoms with Gasteiger partial charge in [0.2, 0.25) is 5.82 Å². The molecule has 0 atom stereocenters. The van der Waals surface area contributed by atoms with E-state index in [9.17, 15) is 13.2 Å². The van der Waals surface area contributed by atoms with Gasteiger partial charge in [-0.05, 0) is 24.6 Å². The van der Waals surface area contributed by atoms with Crippen molar-refractivity contribution in [2.24, 2.45) is 4.40 Å². The normalized spacial score (nSPS) is 15.1. The predicted molar refractivity (Wildman–Crippen MR) is 117 cm³/mol. The Bertz CT molecular complexity index is 1320. The molecule has 11 heteroatoms. The van der Waals surface area contributed by atoms with E-state index in [1.165, 1.54) is 13.1 Å². The van der Waals surface area contributed by atoms with Crippen molar-refractivity contribution in [2.75, 3.05) is 0 Å². The Hall–Kier alpha value is -3.50. The average molecular weight is 473 g/mol. The number of hydrogen-bond donors (Lipinski definition) is 0. The lowest BCUT2D eigenvalue weighted by atomic mass is 10.2. The third-order valence-corrected chi connectivity index (χ3v) is 6.18. The summed E-state index contributed by atoms with van der Waals surface area (Å²) in [7, 11) is -3.95. The Morgan fingerprint density at radius 3 is 2.59 bits per heavy atom. The van der Waals surface area contributed by atoms with Crippen LogP contribution in [-0.4, -0.2) is 34.5 Å². The number of nitrogens with zero attached hydrogens (tertiary/aromatic N) is 4. The van der Waals surface area contributed by atoms with Crippen LogP contribution in [0.1, 0.15) is 18.4 Å². The van der Waals surface area contributed by atoms with Crippen molar-refractivity contribution in [3.63, 3.8) is 0 Å². The highest BCUT2D eigenvalue weighted by atomic mass is 35.5. The Balaban J connectivity index is 1.48. The summed E-state index contributed by atoms with van der Waals surface area (Å²) in [5, 5.41) is 4.30. The second-order valence-corrected chi connectivity index (χ2v) is 8.75. The summed E-state index contributed by atoms with van der Waals surface area (Å²) >= 11 is 6.13. The van der Waals surface area contributed by atoms with Crippen molar-refractivity contribution in [3.8, 4) is 11.4 Å². The summed E-state index contributed by atoms with van der Waals surface area (Å²) in [6.45, 7) is 1.15. The molecule has 0 saturated heterocycles. The quantitative estimate of drug-likeness (QED) is 0.504. The molecule has 0 N–H and O–H groups in total. The van der Waals surface area contributed by atoms with Gasteiger partial charge in [-0.3, -0.25) is 4.31 Å². The maximum Gasteiger partial charge on any atom is 0.344 e. The van der Waals surface area contributed by atoms with Gasteiger partial charge in [0.05, 0.1) is 22.9 Å². The van der Waals surface area contributed by atoms with Gasteiger partial charge in [0, 0.05) is 11.8 Å². The second kappa shape index (κ2) is 8.93. The van der Waals surface area contributed by atoms with E-state index in [0.717, 1.165) is 9.87 Å². The molecule has 2 heterocycles. The second-order valence-electron chi connectivity index (χ2n) is 6.80. The zero-order chi connectivity index (χ0) is 22.7. The monoisotopic (exact) mass is 472 g/mol. The molecule has 164 valence electrons. The number of ether oxygens (including phenoxy) is 1. The van der Waals surface area contributed by atoms with Gasteiger partial charge in [-0.2, -0.15) is 13.4 Å². The fourth-order valence-electron chi connectivity index (χ4n) is 2.94. The van der Waals surface area contributed by atoms with Crippen molar-refractivity contribution < 1.29 is 22.5 Å². The number of carbonyl (C=O) groups is 1. The van der Waals surface area contributed by atoms with E-state index in [0.29, 0.717) is 10.6 Å². The largest absolute Gasteiger partial charge is 0.452 e. The number of benzene rings is 2. The molecule has 1 aliphatic heterocycles. The SMILES string of the molecule is CC1=NS(=O)(=O)N(Cc2ccccc2)C=C1C(=O)OCc1nc(-c2ccccc2Cl)no1. The van der Waals surface area contributed by atoms with E-state index in [1.54, 1.807) is 48.5 Å². The van der Waals surface area contributed by atoms with Gasteiger partial charge >= 0.3 is 16.2 Å². The fraction of sp³-hybridized carbons (Fsp3) is 0.143. The van der Waals surface area contributed by atoms with Crippen molar-refractivity contribution in [3.05, 3.63) is 82.8 Å². The third-order valence-electron chi connectivity index (χ3n) is 4.52.